The van der Waals surface area contributed by atoms with Crippen LogP contribution >= 0.6 is 0 Å². The molecule has 0 spiro atoms. The highest BCUT2D eigenvalue weighted by Gasteiger charge is 2.14. The molecule has 0 saturated carbocycles. The first-order valence-electron chi connectivity index (χ1n) is 6.40. The second-order valence-electron chi connectivity index (χ2n) is 4.81. The summed E-state index contributed by atoms with van der Waals surface area (Å²) in [5.41, 5.74) is 9.70. The summed E-state index contributed by atoms with van der Waals surface area (Å²) in [4.78, 5) is 8.46. The normalized spacial score (nSPS) is 12.5. The van der Waals surface area contributed by atoms with Gasteiger partial charge in [0.05, 0.1) is 5.52 Å². The van der Waals surface area contributed by atoms with E-state index in [4.69, 9.17) is 5.73 Å². The first-order chi connectivity index (χ1) is 9.65. The summed E-state index contributed by atoms with van der Waals surface area (Å²) in [6.45, 7) is 1.96. The summed E-state index contributed by atoms with van der Waals surface area (Å²) in [5, 5.41) is 11.4. The number of pyridine rings is 2. The Morgan fingerprint density at radius 3 is 2.80 bits per heavy atom. The van der Waals surface area contributed by atoms with Gasteiger partial charge < -0.3 is 10.8 Å². The molecule has 2 heterocycles. The van der Waals surface area contributed by atoms with Crippen LogP contribution in [0.3, 0.4) is 0 Å². The summed E-state index contributed by atoms with van der Waals surface area (Å²) in [6.07, 6.45) is 2.42. The lowest BCUT2D eigenvalue weighted by molar-refractivity contribution is 0.221. The quantitative estimate of drug-likeness (QED) is 0.747. The number of nitrogens with zero attached hydrogens (tertiary/aromatic N) is 2. The van der Waals surface area contributed by atoms with Gasteiger partial charge in [-0.1, -0.05) is 12.1 Å². The van der Waals surface area contributed by atoms with E-state index in [0.29, 0.717) is 11.3 Å². The first-order valence-corrected chi connectivity index (χ1v) is 6.40. The minimum Gasteiger partial charge on any atom is -0.398 e. The SMILES string of the molecule is Cc1ccc2cc(C(O)c3cnccc3N)ccc2n1. The van der Waals surface area contributed by atoms with Crippen LogP contribution in [-0.4, -0.2) is 15.1 Å². The number of aromatic nitrogens is 2. The van der Waals surface area contributed by atoms with Crippen molar-refractivity contribution in [1.29, 1.82) is 0 Å². The molecule has 100 valence electrons. The van der Waals surface area contributed by atoms with Crippen molar-refractivity contribution in [2.45, 2.75) is 13.0 Å². The molecule has 3 aromatic rings. The second-order valence-corrected chi connectivity index (χ2v) is 4.81. The van der Waals surface area contributed by atoms with Gasteiger partial charge in [-0.05, 0) is 36.8 Å². The molecule has 4 heteroatoms. The third kappa shape index (κ3) is 2.21. The number of nitrogen functional groups attached to an aromatic ring is 1. The van der Waals surface area contributed by atoms with Crippen molar-refractivity contribution in [2.75, 3.05) is 5.73 Å². The van der Waals surface area contributed by atoms with Crippen LogP contribution in [-0.2, 0) is 0 Å². The van der Waals surface area contributed by atoms with Crippen molar-refractivity contribution in [3.05, 3.63) is 65.6 Å². The molecule has 0 radical (unpaired) electrons. The number of rotatable bonds is 2. The molecule has 20 heavy (non-hydrogen) atoms. The minimum absolute atomic E-state index is 0.537. The fourth-order valence-corrected chi connectivity index (χ4v) is 2.24. The summed E-state index contributed by atoms with van der Waals surface area (Å²) >= 11 is 0. The van der Waals surface area contributed by atoms with E-state index in [1.165, 1.54) is 0 Å². The van der Waals surface area contributed by atoms with Crippen LogP contribution in [0.5, 0.6) is 0 Å². The van der Waals surface area contributed by atoms with Gasteiger partial charge in [0, 0.05) is 34.7 Å². The first kappa shape index (κ1) is 12.6. The highest BCUT2D eigenvalue weighted by atomic mass is 16.3. The average molecular weight is 265 g/mol. The van der Waals surface area contributed by atoms with E-state index in [-0.39, 0.29) is 0 Å². The molecule has 2 aromatic heterocycles. The largest absolute Gasteiger partial charge is 0.398 e. The molecule has 0 amide bonds. The topological polar surface area (TPSA) is 72.0 Å². The van der Waals surface area contributed by atoms with Crippen molar-refractivity contribution in [2.24, 2.45) is 0 Å². The zero-order chi connectivity index (χ0) is 14.1. The number of benzene rings is 1. The molecule has 0 saturated heterocycles. The van der Waals surface area contributed by atoms with Crippen LogP contribution in [0.4, 0.5) is 5.69 Å². The van der Waals surface area contributed by atoms with Crippen LogP contribution in [0.1, 0.15) is 22.9 Å². The van der Waals surface area contributed by atoms with E-state index in [1.807, 2.05) is 37.3 Å². The van der Waals surface area contributed by atoms with Crippen LogP contribution in [0.15, 0.2) is 48.8 Å². The molecule has 4 nitrogen and oxygen atoms in total. The Morgan fingerprint density at radius 1 is 1.15 bits per heavy atom. The van der Waals surface area contributed by atoms with Gasteiger partial charge in [-0.2, -0.15) is 0 Å². The highest BCUT2D eigenvalue weighted by Crippen LogP contribution is 2.27. The number of anilines is 1. The Balaban J connectivity index is 2.06. The molecule has 1 aromatic carbocycles. The number of aliphatic hydroxyl groups excluding tert-OH is 1. The van der Waals surface area contributed by atoms with E-state index >= 15 is 0 Å². The lowest BCUT2D eigenvalue weighted by Gasteiger charge is -2.13. The van der Waals surface area contributed by atoms with E-state index in [9.17, 15) is 5.11 Å². The van der Waals surface area contributed by atoms with Gasteiger partial charge in [0.25, 0.3) is 0 Å². The predicted molar refractivity (Wildman–Crippen MR) is 79.2 cm³/mol. The Hall–Kier alpha value is -2.46. The number of hydrogen-bond acceptors (Lipinski definition) is 4. The highest BCUT2D eigenvalue weighted by molar-refractivity contribution is 5.79. The summed E-state index contributed by atoms with van der Waals surface area (Å²) < 4.78 is 0. The van der Waals surface area contributed by atoms with Gasteiger partial charge in [-0.15, -0.1) is 0 Å². The van der Waals surface area contributed by atoms with Gasteiger partial charge in [0.2, 0.25) is 0 Å². The number of hydrogen-bond donors (Lipinski definition) is 2. The van der Waals surface area contributed by atoms with E-state index in [2.05, 4.69) is 9.97 Å². The third-order valence-corrected chi connectivity index (χ3v) is 3.35. The molecule has 1 atom stereocenters. The minimum atomic E-state index is -0.783. The summed E-state index contributed by atoms with van der Waals surface area (Å²) in [7, 11) is 0. The maximum atomic E-state index is 10.4. The lowest BCUT2D eigenvalue weighted by Crippen LogP contribution is -2.04. The molecule has 0 aliphatic heterocycles. The van der Waals surface area contributed by atoms with Gasteiger partial charge in [0.1, 0.15) is 6.10 Å². The molecular weight excluding hydrogens is 250 g/mol. The summed E-state index contributed by atoms with van der Waals surface area (Å²) in [6, 6.07) is 11.3. The zero-order valence-electron chi connectivity index (χ0n) is 11.1. The Kier molecular flexibility index (Phi) is 3.08. The Labute approximate surface area is 116 Å². The van der Waals surface area contributed by atoms with Crippen molar-refractivity contribution in [3.8, 4) is 0 Å². The number of fused-ring (bicyclic) bond motifs is 1. The van der Waals surface area contributed by atoms with Crippen molar-refractivity contribution in [3.63, 3.8) is 0 Å². The molecule has 3 N–H and O–H groups in total. The molecule has 0 bridgehead atoms. The van der Waals surface area contributed by atoms with Crippen LogP contribution in [0.2, 0.25) is 0 Å². The maximum Gasteiger partial charge on any atom is 0.108 e. The van der Waals surface area contributed by atoms with E-state index in [1.54, 1.807) is 18.5 Å². The number of aliphatic hydroxyl groups is 1. The monoisotopic (exact) mass is 265 g/mol. The van der Waals surface area contributed by atoms with Crippen LogP contribution in [0, 0.1) is 6.92 Å². The van der Waals surface area contributed by atoms with E-state index < -0.39 is 6.10 Å². The van der Waals surface area contributed by atoms with Gasteiger partial charge in [0.15, 0.2) is 0 Å². The second kappa shape index (κ2) is 4.90. The average Bonchev–Trinajstić information content (AvgIpc) is 2.46. The van der Waals surface area contributed by atoms with Crippen molar-refractivity contribution in [1.82, 2.24) is 9.97 Å². The van der Waals surface area contributed by atoms with Crippen LogP contribution < -0.4 is 5.73 Å². The zero-order valence-corrected chi connectivity index (χ0v) is 11.1. The molecule has 3 rings (SSSR count). The standard InChI is InChI=1S/C16H15N3O/c1-10-2-3-11-8-12(4-5-15(11)19-10)16(20)13-9-18-7-6-14(13)17/h2-9,16,20H,1H3,(H2,17,18). The maximum absolute atomic E-state index is 10.4. The van der Waals surface area contributed by atoms with Crippen molar-refractivity contribution >= 4 is 16.6 Å². The number of nitrogens with two attached hydrogens (primary N) is 1. The Bertz CT molecular complexity index is 771. The smallest absolute Gasteiger partial charge is 0.108 e. The van der Waals surface area contributed by atoms with Crippen LogP contribution in [0.25, 0.3) is 10.9 Å². The van der Waals surface area contributed by atoms with Gasteiger partial charge >= 0.3 is 0 Å². The van der Waals surface area contributed by atoms with Gasteiger partial charge in [-0.3, -0.25) is 9.97 Å². The molecule has 0 aliphatic carbocycles. The van der Waals surface area contributed by atoms with E-state index in [0.717, 1.165) is 22.2 Å². The molecule has 0 aliphatic rings. The molecular formula is C16H15N3O. The molecule has 1 unspecified atom stereocenters. The fraction of sp³-hybridized carbons (Fsp3) is 0.125. The van der Waals surface area contributed by atoms with Gasteiger partial charge in [-0.25, -0.2) is 0 Å². The third-order valence-electron chi connectivity index (χ3n) is 3.35. The molecule has 0 fully saturated rings. The lowest BCUT2D eigenvalue weighted by atomic mass is 10.00. The Morgan fingerprint density at radius 2 is 2.00 bits per heavy atom. The fourth-order valence-electron chi connectivity index (χ4n) is 2.24. The predicted octanol–water partition coefficient (Wildman–Crippen LogP) is 2.60. The number of aryl methyl sites for hydroxylation is 1. The van der Waals surface area contributed by atoms with Crippen molar-refractivity contribution < 1.29 is 5.11 Å². The summed E-state index contributed by atoms with van der Waals surface area (Å²) in [5.74, 6) is 0.